The van der Waals surface area contributed by atoms with Crippen LogP contribution in [0.2, 0.25) is 0 Å². The Hall–Kier alpha value is -6.35. The first-order chi connectivity index (χ1) is 31.5. The van der Waals surface area contributed by atoms with Crippen LogP contribution in [0.25, 0.3) is 83.9 Å². The van der Waals surface area contributed by atoms with E-state index in [1.807, 2.05) is 6.20 Å². The number of phenolic OH excluding ortho intramolecular Hbond substituents is 1. The van der Waals surface area contributed by atoms with Gasteiger partial charge in [0.2, 0.25) is 0 Å². The van der Waals surface area contributed by atoms with Crippen LogP contribution in [0.4, 0.5) is 0 Å². The van der Waals surface area contributed by atoms with Crippen molar-refractivity contribution in [3.05, 3.63) is 192 Å². The summed E-state index contributed by atoms with van der Waals surface area (Å²) < 4.78 is 2.28. The second kappa shape index (κ2) is 18.4. The number of para-hydroxylation sites is 1. The Morgan fingerprint density at radius 1 is 0.552 bits per heavy atom. The molecule has 9 aromatic rings. The molecule has 2 heterocycles. The Morgan fingerprint density at radius 3 is 1.85 bits per heavy atom. The van der Waals surface area contributed by atoms with Crippen LogP contribution in [0.3, 0.4) is 0 Å². The van der Waals surface area contributed by atoms with Crippen LogP contribution in [0, 0.1) is 13.0 Å². The molecule has 67 heavy (non-hydrogen) atoms. The van der Waals surface area contributed by atoms with Crippen LogP contribution < -0.4 is 0 Å². The number of phenols is 1. The molecule has 0 amide bonds. The number of hydrogen-bond acceptors (Lipinski definition) is 3. The van der Waals surface area contributed by atoms with E-state index in [9.17, 15) is 5.11 Å². The first kappa shape index (κ1) is 47.2. The molecule has 0 radical (unpaired) electrons. The molecule has 7 aromatic carbocycles. The van der Waals surface area contributed by atoms with Crippen molar-refractivity contribution in [2.45, 2.75) is 91.9 Å². The summed E-state index contributed by atoms with van der Waals surface area (Å²) in [5.41, 5.74) is 17.6. The largest absolute Gasteiger partial charge is 0.507 e. The molecule has 4 nitrogen and oxygen atoms in total. The van der Waals surface area contributed by atoms with Gasteiger partial charge in [0.1, 0.15) is 11.6 Å². The van der Waals surface area contributed by atoms with Gasteiger partial charge in [0.25, 0.3) is 0 Å². The fourth-order valence-electron chi connectivity index (χ4n) is 8.91. The standard InChI is InChI=1S/C62H60N3O.Pt/c1-11-62(9,10)48-29-30-55(51(37-48)43-21-16-13-17-22-43)65-56-24-18-23-50(57(56)64-59(65)52-38-49(60(3,4)5)39-53(58(52)66)61(6,7)8)46-33-45(41-19-14-12-15-20-41)34-47(35-46)54-36-44(31-32-63-54)42-27-25-40(2)26-28-42;/h12-34,36-39,66H,11H2,1-10H3;/q-1;. The molecule has 0 fully saturated rings. The maximum Gasteiger partial charge on any atom is 0.148 e. The average Bonchev–Trinajstić information content (AvgIpc) is 3.71. The molecule has 0 saturated heterocycles. The van der Waals surface area contributed by atoms with Gasteiger partial charge in [-0.25, -0.2) is 4.98 Å². The number of pyridine rings is 1. The molecule has 340 valence electrons. The summed E-state index contributed by atoms with van der Waals surface area (Å²) in [7, 11) is 0. The third-order valence-electron chi connectivity index (χ3n) is 13.4. The van der Waals surface area contributed by atoms with Crippen molar-refractivity contribution in [2.75, 3.05) is 0 Å². The molecule has 0 aliphatic carbocycles. The average molecular weight is 1060 g/mol. The maximum atomic E-state index is 12.6. The minimum absolute atomic E-state index is 0. The minimum Gasteiger partial charge on any atom is -0.507 e. The third-order valence-corrected chi connectivity index (χ3v) is 13.4. The first-order valence-corrected chi connectivity index (χ1v) is 23.3. The number of aromatic hydroxyl groups is 1. The molecule has 5 heteroatoms. The molecule has 0 atom stereocenters. The van der Waals surface area contributed by atoms with Gasteiger partial charge in [-0.15, -0.1) is 23.8 Å². The van der Waals surface area contributed by atoms with E-state index >= 15 is 0 Å². The zero-order valence-electron chi connectivity index (χ0n) is 40.4. The number of fused-ring (bicyclic) bond motifs is 1. The van der Waals surface area contributed by atoms with Gasteiger partial charge in [0.05, 0.1) is 22.3 Å². The van der Waals surface area contributed by atoms with Crippen LogP contribution in [0.5, 0.6) is 5.75 Å². The van der Waals surface area contributed by atoms with Crippen molar-refractivity contribution < 1.29 is 26.2 Å². The molecule has 2 aromatic heterocycles. The molecule has 9 rings (SSSR count). The first-order valence-electron chi connectivity index (χ1n) is 23.3. The Bertz CT molecular complexity index is 3220. The summed E-state index contributed by atoms with van der Waals surface area (Å²) in [6, 6.07) is 60.0. The zero-order chi connectivity index (χ0) is 46.5. The molecule has 1 N–H and O–H groups in total. The number of nitrogens with zero attached hydrogens (tertiary/aromatic N) is 3. The molecular weight excluding hydrogens is 998 g/mol. The number of benzene rings is 7. The van der Waals surface area contributed by atoms with Crippen LogP contribution in [0.15, 0.2) is 164 Å². The van der Waals surface area contributed by atoms with E-state index in [2.05, 4.69) is 238 Å². The molecule has 0 bridgehead atoms. The van der Waals surface area contributed by atoms with Gasteiger partial charge in [-0.3, -0.25) is 9.55 Å². The topological polar surface area (TPSA) is 50.9 Å². The number of aromatic nitrogens is 3. The third kappa shape index (κ3) is 9.34. The van der Waals surface area contributed by atoms with Gasteiger partial charge in [0.15, 0.2) is 0 Å². The van der Waals surface area contributed by atoms with Crippen molar-refractivity contribution in [2.24, 2.45) is 0 Å². The van der Waals surface area contributed by atoms with E-state index in [0.29, 0.717) is 11.4 Å². The summed E-state index contributed by atoms with van der Waals surface area (Å²) >= 11 is 0. The number of rotatable bonds is 9. The Balaban J connectivity index is 0.00000608. The SMILES string of the molecule is CCC(C)(C)c1ccc(-n2c(-c3cc(C(C)(C)C)cc(C(C)(C)C)c3O)nc3c(-c4[c-]c(-c5cc(-c6ccc(C)cc6)ccn5)cc(-c5ccccc5)c4)cccc32)c(-c2ccccc2)c1.[Pt]. The fraction of sp³-hybridized carbons (Fsp3) is 0.226. The van der Waals surface area contributed by atoms with Crippen LogP contribution in [-0.4, -0.2) is 19.6 Å². The zero-order valence-corrected chi connectivity index (χ0v) is 42.7. The summed E-state index contributed by atoms with van der Waals surface area (Å²) in [6.45, 7) is 22.2. The normalized spacial score (nSPS) is 12.0. The van der Waals surface area contributed by atoms with Gasteiger partial charge in [-0.2, -0.15) is 0 Å². The number of imidazole rings is 1. The van der Waals surface area contributed by atoms with Gasteiger partial charge >= 0.3 is 0 Å². The predicted molar refractivity (Wildman–Crippen MR) is 277 cm³/mol. The molecule has 0 unspecified atom stereocenters. The summed E-state index contributed by atoms with van der Waals surface area (Å²) in [5.74, 6) is 0.927. The van der Waals surface area contributed by atoms with Gasteiger partial charge in [-0.05, 0) is 93.3 Å². The Kier molecular flexibility index (Phi) is 12.9. The van der Waals surface area contributed by atoms with Crippen LogP contribution in [-0.2, 0) is 37.3 Å². The summed E-state index contributed by atoms with van der Waals surface area (Å²) in [5, 5.41) is 12.6. The van der Waals surface area contributed by atoms with Crippen LogP contribution in [0.1, 0.15) is 91.0 Å². The fourth-order valence-corrected chi connectivity index (χ4v) is 8.91. The Morgan fingerprint density at radius 2 is 1.19 bits per heavy atom. The molecule has 0 saturated carbocycles. The van der Waals surface area contributed by atoms with Crippen molar-refractivity contribution in [3.63, 3.8) is 0 Å². The van der Waals surface area contributed by atoms with E-state index in [1.165, 1.54) is 11.1 Å². The van der Waals surface area contributed by atoms with E-state index in [1.54, 1.807) is 0 Å². The van der Waals surface area contributed by atoms with E-state index < -0.39 is 0 Å². The molecular formula is C62H60N3OPt-. The summed E-state index contributed by atoms with van der Waals surface area (Å²) in [6.07, 6.45) is 2.89. The van der Waals surface area contributed by atoms with Gasteiger partial charge in [-0.1, -0.05) is 200 Å². The van der Waals surface area contributed by atoms with Crippen molar-refractivity contribution >= 4 is 11.0 Å². The van der Waals surface area contributed by atoms with Crippen molar-refractivity contribution in [1.29, 1.82) is 0 Å². The van der Waals surface area contributed by atoms with Crippen molar-refractivity contribution in [1.82, 2.24) is 14.5 Å². The van der Waals surface area contributed by atoms with Crippen LogP contribution >= 0.6 is 0 Å². The number of hydrogen-bond donors (Lipinski definition) is 1. The molecule has 0 aliphatic rings. The minimum atomic E-state index is -0.335. The van der Waals surface area contributed by atoms with Gasteiger partial charge in [0, 0.05) is 44.1 Å². The van der Waals surface area contributed by atoms with E-state index in [4.69, 9.17) is 9.97 Å². The summed E-state index contributed by atoms with van der Waals surface area (Å²) in [4.78, 5) is 10.6. The molecule has 0 spiro atoms. The van der Waals surface area contributed by atoms with E-state index in [0.717, 1.165) is 90.0 Å². The second-order valence-electron chi connectivity index (χ2n) is 20.6. The van der Waals surface area contributed by atoms with Gasteiger partial charge < -0.3 is 5.11 Å². The monoisotopic (exact) mass is 1060 g/mol. The molecule has 0 aliphatic heterocycles. The van der Waals surface area contributed by atoms with E-state index in [-0.39, 0.29) is 43.1 Å². The smallest absolute Gasteiger partial charge is 0.148 e. The number of aryl methyl sites for hydroxylation is 1. The second-order valence-corrected chi connectivity index (χ2v) is 20.6. The quantitative estimate of drug-likeness (QED) is 0.147. The predicted octanol–water partition coefficient (Wildman–Crippen LogP) is 16.5. The Labute approximate surface area is 412 Å². The van der Waals surface area contributed by atoms with Crippen molar-refractivity contribution in [3.8, 4) is 78.6 Å². The maximum absolute atomic E-state index is 12.6.